The van der Waals surface area contributed by atoms with Gasteiger partial charge in [0.25, 0.3) is 0 Å². The number of rotatable bonds is 3. The molecule has 1 unspecified atom stereocenters. The van der Waals surface area contributed by atoms with Crippen molar-refractivity contribution in [2.75, 3.05) is 40.3 Å². The zero-order chi connectivity index (χ0) is 13.1. The second-order valence-electron chi connectivity index (χ2n) is 4.44. The van der Waals surface area contributed by atoms with Crippen LogP contribution in [0.1, 0.15) is 29.5 Å². The van der Waals surface area contributed by atoms with E-state index < -0.39 is 5.97 Å². The van der Waals surface area contributed by atoms with Crippen LogP contribution in [0.15, 0.2) is 4.52 Å². The van der Waals surface area contributed by atoms with E-state index in [1.54, 1.807) is 6.92 Å². The van der Waals surface area contributed by atoms with Crippen LogP contribution in [0.4, 0.5) is 0 Å². The lowest BCUT2D eigenvalue weighted by Gasteiger charge is -2.35. The van der Waals surface area contributed by atoms with Gasteiger partial charge in [0.1, 0.15) is 0 Å². The average Bonchev–Trinajstić information content (AvgIpc) is 2.82. The van der Waals surface area contributed by atoms with Crippen LogP contribution in [0.25, 0.3) is 0 Å². The van der Waals surface area contributed by atoms with Gasteiger partial charge in [-0.25, -0.2) is 4.79 Å². The normalized spacial score (nSPS) is 22.1. The van der Waals surface area contributed by atoms with Crippen molar-refractivity contribution in [2.24, 2.45) is 0 Å². The maximum absolute atomic E-state index is 11.4. The number of esters is 1. The molecule has 0 aliphatic carbocycles. The van der Waals surface area contributed by atoms with Crippen LogP contribution in [-0.2, 0) is 4.74 Å². The number of ether oxygens (including phenoxy) is 1. The minimum atomic E-state index is -0.567. The number of aromatic nitrogens is 2. The number of nitrogens with zero attached hydrogens (tertiary/aromatic N) is 4. The molecule has 0 spiro atoms. The average molecular weight is 254 g/mol. The number of piperazine rings is 1. The lowest BCUT2D eigenvalue weighted by molar-refractivity contribution is 0.0470. The van der Waals surface area contributed by atoms with Crippen LogP contribution in [0, 0.1) is 0 Å². The molecule has 0 amide bonds. The Hall–Kier alpha value is -1.47. The van der Waals surface area contributed by atoms with Crippen molar-refractivity contribution in [1.29, 1.82) is 0 Å². The highest BCUT2D eigenvalue weighted by molar-refractivity contribution is 5.83. The summed E-state index contributed by atoms with van der Waals surface area (Å²) in [6.45, 7) is 4.79. The fraction of sp³-hybridized carbons (Fsp3) is 0.727. The number of likely N-dealkylation sites (N-methyl/N-ethyl adjacent to an activating group) is 2. The third kappa shape index (κ3) is 2.68. The van der Waals surface area contributed by atoms with E-state index in [0.717, 1.165) is 19.6 Å². The standard InChI is InChI=1S/C11H18N4O3/c1-4-17-11(16)10-12-9(13-18-10)8-7-14(2)5-6-15(8)3/h8H,4-7H2,1-3H3. The molecule has 1 aliphatic heterocycles. The molecule has 1 aromatic heterocycles. The Kier molecular flexibility index (Phi) is 3.93. The quantitative estimate of drug-likeness (QED) is 0.712. The summed E-state index contributed by atoms with van der Waals surface area (Å²) >= 11 is 0. The van der Waals surface area contributed by atoms with Gasteiger partial charge in [0, 0.05) is 19.6 Å². The smallest absolute Gasteiger partial charge is 0.397 e. The van der Waals surface area contributed by atoms with Crippen LogP contribution >= 0.6 is 0 Å². The Morgan fingerprint density at radius 3 is 3.00 bits per heavy atom. The summed E-state index contributed by atoms with van der Waals surface area (Å²) in [7, 11) is 4.06. The molecule has 1 aromatic rings. The van der Waals surface area contributed by atoms with E-state index in [-0.39, 0.29) is 11.9 Å². The molecule has 1 atom stereocenters. The Morgan fingerprint density at radius 2 is 2.28 bits per heavy atom. The molecule has 0 N–H and O–H groups in total. The molecule has 2 rings (SSSR count). The van der Waals surface area contributed by atoms with Crippen molar-refractivity contribution < 1.29 is 14.1 Å². The van der Waals surface area contributed by atoms with Crippen LogP contribution < -0.4 is 0 Å². The van der Waals surface area contributed by atoms with Crippen molar-refractivity contribution in [3.8, 4) is 0 Å². The fourth-order valence-corrected chi connectivity index (χ4v) is 1.93. The molecule has 0 radical (unpaired) electrons. The van der Waals surface area contributed by atoms with Crippen molar-refractivity contribution >= 4 is 5.97 Å². The zero-order valence-electron chi connectivity index (χ0n) is 10.9. The van der Waals surface area contributed by atoms with Crippen molar-refractivity contribution in [1.82, 2.24) is 19.9 Å². The minimum absolute atomic E-state index is 0.0516. The summed E-state index contributed by atoms with van der Waals surface area (Å²) < 4.78 is 9.75. The molecule has 0 bridgehead atoms. The van der Waals surface area contributed by atoms with Gasteiger partial charge in [0.15, 0.2) is 5.82 Å². The summed E-state index contributed by atoms with van der Waals surface area (Å²) in [6, 6.07) is 0.0516. The summed E-state index contributed by atoms with van der Waals surface area (Å²) in [5, 5.41) is 3.87. The predicted octanol–water partition coefficient (Wildman–Crippen LogP) is 0.165. The number of carbonyl (C=O) groups is 1. The van der Waals surface area contributed by atoms with Gasteiger partial charge >= 0.3 is 11.9 Å². The molecule has 2 heterocycles. The van der Waals surface area contributed by atoms with E-state index in [2.05, 4.69) is 19.9 Å². The van der Waals surface area contributed by atoms with E-state index in [4.69, 9.17) is 9.26 Å². The van der Waals surface area contributed by atoms with Crippen molar-refractivity contribution in [2.45, 2.75) is 13.0 Å². The third-order valence-corrected chi connectivity index (χ3v) is 3.04. The first-order chi connectivity index (χ1) is 8.61. The number of hydrogen-bond donors (Lipinski definition) is 0. The van der Waals surface area contributed by atoms with E-state index in [1.807, 2.05) is 14.1 Å². The van der Waals surface area contributed by atoms with Gasteiger partial charge in [-0.3, -0.25) is 4.90 Å². The highest BCUT2D eigenvalue weighted by atomic mass is 16.6. The first-order valence-electron chi connectivity index (χ1n) is 6.01. The number of carbonyl (C=O) groups excluding carboxylic acids is 1. The van der Waals surface area contributed by atoms with Gasteiger partial charge in [-0.15, -0.1) is 0 Å². The zero-order valence-corrected chi connectivity index (χ0v) is 10.9. The molecule has 18 heavy (non-hydrogen) atoms. The number of hydrogen-bond acceptors (Lipinski definition) is 7. The Labute approximate surface area is 106 Å². The van der Waals surface area contributed by atoms with Crippen LogP contribution in [0.5, 0.6) is 0 Å². The van der Waals surface area contributed by atoms with Crippen LogP contribution in [-0.4, -0.2) is 66.2 Å². The molecule has 1 fully saturated rings. The van der Waals surface area contributed by atoms with Crippen molar-refractivity contribution in [3.63, 3.8) is 0 Å². The summed E-state index contributed by atoms with van der Waals surface area (Å²) in [6.07, 6.45) is 0. The second kappa shape index (κ2) is 5.45. The Morgan fingerprint density at radius 1 is 1.50 bits per heavy atom. The van der Waals surface area contributed by atoms with E-state index in [9.17, 15) is 4.79 Å². The van der Waals surface area contributed by atoms with Gasteiger partial charge < -0.3 is 14.2 Å². The van der Waals surface area contributed by atoms with Crippen LogP contribution in [0.2, 0.25) is 0 Å². The van der Waals surface area contributed by atoms with E-state index >= 15 is 0 Å². The van der Waals surface area contributed by atoms with E-state index in [0.29, 0.717) is 12.4 Å². The SMILES string of the molecule is CCOC(=O)c1nc(C2CN(C)CCN2C)no1. The highest BCUT2D eigenvalue weighted by Crippen LogP contribution is 2.20. The van der Waals surface area contributed by atoms with Gasteiger partial charge in [0.2, 0.25) is 0 Å². The molecule has 100 valence electrons. The maximum atomic E-state index is 11.4. The molecule has 7 heteroatoms. The molecular weight excluding hydrogens is 236 g/mol. The topological polar surface area (TPSA) is 71.7 Å². The minimum Gasteiger partial charge on any atom is -0.459 e. The molecule has 1 saturated heterocycles. The molecule has 7 nitrogen and oxygen atoms in total. The maximum Gasteiger partial charge on any atom is 0.397 e. The summed E-state index contributed by atoms with van der Waals surface area (Å²) in [5.41, 5.74) is 0. The van der Waals surface area contributed by atoms with Crippen molar-refractivity contribution in [3.05, 3.63) is 11.7 Å². The molecular formula is C11H18N4O3. The summed E-state index contributed by atoms with van der Waals surface area (Å²) in [4.78, 5) is 19.9. The Bertz CT molecular complexity index is 420. The predicted molar refractivity (Wildman–Crippen MR) is 63.1 cm³/mol. The van der Waals surface area contributed by atoms with E-state index in [1.165, 1.54) is 0 Å². The second-order valence-corrected chi connectivity index (χ2v) is 4.44. The monoisotopic (exact) mass is 254 g/mol. The fourth-order valence-electron chi connectivity index (χ4n) is 1.93. The van der Waals surface area contributed by atoms with Crippen LogP contribution in [0.3, 0.4) is 0 Å². The molecule has 0 aromatic carbocycles. The molecule has 0 saturated carbocycles. The van der Waals surface area contributed by atoms with Gasteiger partial charge in [0.05, 0.1) is 12.6 Å². The highest BCUT2D eigenvalue weighted by Gasteiger charge is 2.29. The van der Waals surface area contributed by atoms with Gasteiger partial charge in [-0.1, -0.05) is 5.16 Å². The lowest BCUT2D eigenvalue weighted by atomic mass is 10.2. The first-order valence-corrected chi connectivity index (χ1v) is 6.01. The summed E-state index contributed by atoms with van der Waals surface area (Å²) in [5.74, 6) is -0.108. The third-order valence-electron chi connectivity index (χ3n) is 3.04. The van der Waals surface area contributed by atoms with Gasteiger partial charge in [-0.05, 0) is 21.0 Å². The largest absolute Gasteiger partial charge is 0.459 e. The Balaban J connectivity index is 2.11. The van der Waals surface area contributed by atoms with Gasteiger partial charge in [-0.2, -0.15) is 4.98 Å². The first kappa shape index (κ1) is 13.0. The molecule has 1 aliphatic rings. The lowest BCUT2D eigenvalue weighted by Crippen LogP contribution is -2.45.